The van der Waals surface area contributed by atoms with Gasteiger partial charge in [-0.2, -0.15) is 0 Å². The van der Waals surface area contributed by atoms with Crippen LogP contribution in [-0.4, -0.2) is 9.55 Å². The average molecular weight is 707 g/mol. The van der Waals surface area contributed by atoms with Crippen molar-refractivity contribution in [3.8, 4) is 5.69 Å². The van der Waals surface area contributed by atoms with Crippen LogP contribution < -0.4 is 0 Å². The minimum atomic E-state index is -0.359. The standard InChI is InChI=1S/C41H38N2.C7H8.C4H8/c1-5-14-30(15-6-2)31-22-28(3)23-33(24-31)43-27-29(4)35-25-36-34-18-10-11-19-37(34)41(38(36)26-39(35)43,32-16-8-7-9-17-32)40-20-12-13-21-42-40;1-7-5-3-2-4-6-7;1-3-4-2/h5-8,10,12-16,18,20-27H,1,9,11,17,19H2,2-4H3;2-6H,1H3;3-4H,1-2H3/b15-6-,30-14+;;4-3-. The lowest BCUT2D eigenvalue weighted by molar-refractivity contribution is 0.626. The third-order valence-electron chi connectivity index (χ3n) is 10.6. The summed E-state index contributed by atoms with van der Waals surface area (Å²) in [6.07, 6.45) is 32.3. The number of fused-ring (bicyclic) bond motifs is 3. The van der Waals surface area contributed by atoms with E-state index in [1.54, 1.807) is 0 Å². The summed E-state index contributed by atoms with van der Waals surface area (Å²) in [5, 5.41) is 1.30. The summed E-state index contributed by atoms with van der Waals surface area (Å²) in [7, 11) is 0. The van der Waals surface area contributed by atoms with Crippen molar-refractivity contribution in [3.63, 3.8) is 0 Å². The molecule has 54 heavy (non-hydrogen) atoms. The first-order valence-electron chi connectivity index (χ1n) is 19.4. The van der Waals surface area contributed by atoms with Gasteiger partial charge >= 0.3 is 0 Å². The number of hydrogen-bond acceptors (Lipinski definition) is 1. The molecule has 1 unspecified atom stereocenters. The average Bonchev–Trinajstić information content (AvgIpc) is 3.69. The first-order valence-corrected chi connectivity index (χ1v) is 19.4. The van der Waals surface area contributed by atoms with E-state index in [0.717, 1.165) is 37.0 Å². The van der Waals surface area contributed by atoms with Crippen LogP contribution in [-0.2, 0) is 5.41 Å². The van der Waals surface area contributed by atoms with Gasteiger partial charge in [0.15, 0.2) is 0 Å². The maximum absolute atomic E-state index is 5.09. The molecule has 0 saturated carbocycles. The fourth-order valence-electron chi connectivity index (χ4n) is 8.13. The summed E-state index contributed by atoms with van der Waals surface area (Å²) < 4.78 is 2.40. The van der Waals surface area contributed by atoms with Crippen LogP contribution in [0.4, 0.5) is 0 Å². The lowest BCUT2D eigenvalue weighted by atomic mass is 9.65. The molecule has 0 saturated heterocycles. The summed E-state index contributed by atoms with van der Waals surface area (Å²) in [6.45, 7) is 16.5. The van der Waals surface area contributed by atoms with Crippen molar-refractivity contribution >= 4 is 22.0 Å². The molecule has 3 aromatic carbocycles. The Hall–Kier alpha value is -5.73. The van der Waals surface area contributed by atoms with Gasteiger partial charge in [-0.1, -0.05) is 121 Å². The molecule has 3 aliphatic rings. The van der Waals surface area contributed by atoms with E-state index in [0.29, 0.717) is 0 Å². The zero-order chi connectivity index (χ0) is 38.1. The molecule has 0 N–H and O–H groups in total. The van der Waals surface area contributed by atoms with Crippen LogP contribution in [0.2, 0.25) is 0 Å². The Morgan fingerprint density at radius 2 is 1.59 bits per heavy atom. The number of hydrogen-bond donors (Lipinski definition) is 0. The van der Waals surface area contributed by atoms with Gasteiger partial charge in [0.1, 0.15) is 0 Å². The maximum atomic E-state index is 5.09. The van der Waals surface area contributed by atoms with Gasteiger partial charge in [0, 0.05) is 23.5 Å². The van der Waals surface area contributed by atoms with E-state index in [1.807, 2.05) is 62.5 Å². The van der Waals surface area contributed by atoms with E-state index in [-0.39, 0.29) is 5.41 Å². The fourth-order valence-corrected chi connectivity index (χ4v) is 8.13. The molecule has 3 aliphatic carbocycles. The summed E-state index contributed by atoms with van der Waals surface area (Å²) >= 11 is 0. The molecule has 0 radical (unpaired) electrons. The molecule has 2 nitrogen and oxygen atoms in total. The molecule has 0 amide bonds. The van der Waals surface area contributed by atoms with Crippen LogP contribution in [0.1, 0.15) is 85.5 Å². The molecular weight excluding hydrogens is 653 g/mol. The van der Waals surface area contributed by atoms with Crippen molar-refractivity contribution in [1.82, 2.24) is 9.55 Å². The topological polar surface area (TPSA) is 17.8 Å². The highest BCUT2D eigenvalue weighted by atomic mass is 15.0. The van der Waals surface area contributed by atoms with Gasteiger partial charge in [0.05, 0.1) is 16.6 Å². The molecule has 0 aliphatic heterocycles. The van der Waals surface area contributed by atoms with E-state index in [4.69, 9.17) is 4.98 Å². The zero-order valence-electron chi connectivity index (χ0n) is 32.9. The molecule has 2 aromatic heterocycles. The molecular formula is C52H54N2. The number of allylic oxidation sites excluding steroid dienone is 15. The molecule has 2 heteroatoms. The number of aromatic nitrogens is 2. The molecule has 5 aromatic rings. The van der Waals surface area contributed by atoms with Crippen LogP contribution in [0.15, 0.2) is 176 Å². The molecule has 8 rings (SSSR count). The second-order valence-electron chi connectivity index (χ2n) is 14.3. The largest absolute Gasteiger partial charge is 0.316 e. The van der Waals surface area contributed by atoms with Crippen molar-refractivity contribution < 1.29 is 0 Å². The van der Waals surface area contributed by atoms with Crippen LogP contribution >= 0.6 is 0 Å². The Morgan fingerprint density at radius 1 is 0.815 bits per heavy atom. The first kappa shape index (κ1) is 38.0. The molecule has 0 spiro atoms. The van der Waals surface area contributed by atoms with Crippen molar-refractivity contribution in [2.75, 3.05) is 0 Å². The summed E-state index contributed by atoms with van der Waals surface area (Å²) in [5.74, 6) is 0. The Labute approximate surface area is 323 Å². The van der Waals surface area contributed by atoms with Gasteiger partial charge in [-0.15, -0.1) is 0 Å². The Balaban J connectivity index is 0.000000393. The SMILES string of the molecule is C/C=C\C.C=C/C=C(\C=C/C)c1cc(C)cc(-n2cc(C)c3cc4c(cc32)C(C2=CC=CCC2)(c2ccccn2)C2=C4C=CCC2)c1.Cc1ccccc1. The summed E-state index contributed by atoms with van der Waals surface area (Å²) in [4.78, 5) is 5.09. The van der Waals surface area contributed by atoms with Crippen molar-refractivity contribution in [3.05, 3.63) is 215 Å². The quantitative estimate of drug-likeness (QED) is 0.127. The van der Waals surface area contributed by atoms with Gasteiger partial charge < -0.3 is 4.57 Å². The molecule has 2 heterocycles. The van der Waals surface area contributed by atoms with Crippen molar-refractivity contribution in [2.45, 2.75) is 72.6 Å². The predicted octanol–water partition coefficient (Wildman–Crippen LogP) is 14.0. The highest BCUT2D eigenvalue weighted by Crippen LogP contribution is 2.59. The van der Waals surface area contributed by atoms with Crippen LogP contribution in [0.5, 0.6) is 0 Å². The smallest absolute Gasteiger partial charge is 0.0812 e. The zero-order valence-corrected chi connectivity index (χ0v) is 32.9. The van der Waals surface area contributed by atoms with E-state index in [9.17, 15) is 0 Å². The van der Waals surface area contributed by atoms with Gasteiger partial charge in [-0.3, -0.25) is 4.98 Å². The Kier molecular flexibility index (Phi) is 12.2. The number of benzene rings is 3. The van der Waals surface area contributed by atoms with Crippen LogP contribution in [0.3, 0.4) is 0 Å². The maximum Gasteiger partial charge on any atom is 0.0812 e. The first-order chi connectivity index (χ1) is 26.4. The molecule has 272 valence electrons. The van der Waals surface area contributed by atoms with Crippen LogP contribution in [0, 0.1) is 20.8 Å². The van der Waals surface area contributed by atoms with E-state index >= 15 is 0 Å². The van der Waals surface area contributed by atoms with Gasteiger partial charge in [-0.05, 0) is 154 Å². The monoisotopic (exact) mass is 706 g/mol. The minimum Gasteiger partial charge on any atom is -0.316 e. The van der Waals surface area contributed by atoms with E-state index in [2.05, 4.69) is 148 Å². The number of rotatable bonds is 6. The minimum absolute atomic E-state index is 0.359. The van der Waals surface area contributed by atoms with Gasteiger partial charge in [0.2, 0.25) is 0 Å². The second-order valence-corrected chi connectivity index (χ2v) is 14.3. The summed E-state index contributed by atoms with van der Waals surface area (Å²) in [6, 6.07) is 28.5. The lowest BCUT2D eigenvalue weighted by Crippen LogP contribution is -2.33. The van der Waals surface area contributed by atoms with Gasteiger partial charge in [-0.25, -0.2) is 0 Å². The Morgan fingerprint density at radius 3 is 2.24 bits per heavy atom. The third kappa shape index (κ3) is 7.52. The van der Waals surface area contributed by atoms with E-state index < -0.39 is 0 Å². The number of pyridine rings is 1. The number of nitrogens with zero attached hydrogens (tertiary/aromatic N) is 2. The van der Waals surface area contributed by atoms with Gasteiger partial charge in [0.25, 0.3) is 0 Å². The molecule has 1 atom stereocenters. The normalized spacial score (nSPS) is 17.5. The summed E-state index contributed by atoms with van der Waals surface area (Å²) in [5.41, 5.74) is 16.4. The predicted molar refractivity (Wildman–Crippen MR) is 234 cm³/mol. The molecule has 0 fully saturated rings. The molecule has 0 bridgehead atoms. The lowest BCUT2D eigenvalue weighted by Gasteiger charge is -2.38. The second kappa shape index (κ2) is 17.4. The van der Waals surface area contributed by atoms with Crippen LogP contribution in [0.25, 0.3) is 27.7 Å². The fraction of sp³-hybridized carbons (Fsp3) is 0.212. The number of aryl methyl sites for hydroxylation is 3. The Bertz CT molecular complexity index is 2330. The van der Waals surface area contributed by atoms with Crippen molar-refractivity contribution in [1.29, 1.82) is 0 Å². The third-order valence-corrected chi connectivity index (χ3v) is 10.6. The van der Waals surface area contributed by atoms with E-state index in [1.165, 1.54) is 66.7 Å². The highest BCUT2D eigenvalue weighted by molar-refractivity contribution is 5.98. The highest BCUT2D eigenvalue weighted by Gasteiger charge is 2.49. The van der Waals surface area contributed by atoms with Crippen molar-refractivity contribution in [2.24, 2.45) is 0 Å².